The Morgan fingerprint density at radius 1 is 0.462 bits per heavy atom. The number of rotatable bonds is 6. The van der Waals surface area contributed by atoms with Gasteiger partial charge in [0.1, 0.15) is 11.2 Å². The Morgan fingerprint density at radius 3 is 1.82 bits per heavy atom. The van der Waals surface area contributed by atoms with Crippen LogP contribution in [-0.4, -0.2) is 24.1 Å². The van der Waals surface area contributed by atoms with E-state index in [4.69, 9.17) is 19.4 Å². The molecule has 0 aliphatic heterocycles. The lowest BCUT2D eigenvalue weighted by Gasteiger charge is -2.13. The first kappa shape index (κ1) is 36.8. The summed E-state index contributed by atoms with van der Waals surface area (Å²) in [4.78, 5) is 15.7. The number of para-hydroxylation sites is 3. The molecule has 0 saturated carbocycles. The first-order chi connectivity index (χ1) is 32.1. The summed E-state index contributed by atoms with van der Waals surface area (Å²) in [5.74, 6) is 1.63. The molecule has 13 aromatic rings. The second-order valence-corrected chi connectivity index (χ2v) is 16.5. The Kier molecular flexibility index (Phi) is 8.11. The molecular formula is C59H37N5O. The number of aromatic nitrogens is 5. The second-order valence-electron chi connectivity index (χ2n) is 16.5. The Balaban J connectivity index is 1.00. The van der Waals surface area contributed by atoms with E-state index < -0.39 is 0 Å². The minimum Gasteiger partial charge on any atom is -0.456 e. The van der Waals surface area contributed by atoms with Crippen molar-refractivity contribution in [1.82, 2.24) is 24.1 Å². The maximum absolute atomic E-state index is 6.20. The molecule has 0 atom stereocenters. The van der Waals surface area contributed by atoms with Gasteiger partial charge in [0.05, 0.1) is 22.1 Å². The van der Waals surface area contributed by atoms with E-state index in [2.05, 4.69) is 180 Å². The van der Waals surface area contributed by atoms with E-state index in [1.165, 1.54) is 10.8 Å². The summed E-state index contributed by atoms with van der Waals surface area (Å²) in [7, 11) is 0. The van der Waals surface area contributed by atoms with E-state index >= 15 is 0 Å². The molecule has 0 fully saturated rings. The van der Waals surface area contributed by atoms with Gasteiger partial charge in [0.15, 0.2) is 11.6 Å². The van der Waals surface area contributed by atoms with Crippen LogP contribution in [0.5, 0.6) is 0 Å². The van der Waals surface area contributed by atoms with Crippen molar-refractivity contribution >= 4 is 88.5 Å². The van der Waals surface area contributed by atoms with Gasteiger partial charge in [0, 0.05) is 49.1 Å². The van der Waals surface area contributed by atoms with Crippen molar-refractivity contribution in [3.63, 3.8) is 0 Å². The van der Waals surface area contributed by atoms with Gasteiger partial charge in [0.25, 0.3) is 0 Å². The van der Waals surface area contributed by atoms with Crippen LogP contribution in [0.15, 0.2) is 211 Å². The van der Waals surface area contributed by atoms with Gasteiger partial charge in [0.2, 0.25) is 5.95 Å². The summed E-state index contributed by atoms with van der Waals surface area (Å²) < 4.78 is 10.7. The smallest absolute Gasteiger partial charge is 0.238 e. The molecule has 4 aromatic heterocycles. The average Bonchev–Trinajstić information content (AvgIpc) is 4.01. The lowest BCUT2D eigenvalue weighted by atomic mass is 10.0. The van der Waals surface area contributed by atoms with Gasteiger partial charge in [-0.3, -0.25) is 4.57 Å². The van der Waals surface area contributed by atoms with E-state index in [1.807, 2.05) is 42.5 Å². The molecule has 0 unspecified atom stereocenters. The van der Waals surface area contributed by atoms with Crippen molar-refractivity contribution in [2.75, 3.05) is 0 Å². The van der Waals surface area contributed by atoms with Gasteiger partial charge in [-0.2, -0.15) is 9.97 Å². The molecule has 0 amide bonds. The fourth-order valence-corrected chi connectivity index (χ4v) is 9.88. The van der Waals surface area contributed by atoms with Crippen molar-refractivity contribution in [3.8, 4) is 34.2 Å². The Hall–Kier alpha value is -8.87. The van der Waals surface area contributed by atoms with Gasteiger partial charge in [-0.25, -0.2) is 4.98 Å². The van der Waals surface area contributed by atoms with Crippen molar-refractivity contribution in [2.24, 2.45) is 0 Å². The summed E-state index contributed by atoms with van der Waals surface area (Å²) in [6.45, 7) is 8.57. The fraction of sp³-hybridized carbons (Fsp3) is 0. The van der Waals surface area contributed by atoms with Gasteiger partial charge < -0.3 is 8.98 Å². The van der Waals surface area contributed by atoms with Gasteiger partial charge in [-0.05, 0) is 93.0 Å². The number of benzene rings is 9. The largest absolute Gasteiger partial charge is 0.456 e. The van der Waals surface area contributed by atoms with Crippen LogP contribution in [0, 0.1) is 0 Å². The third-order valence-corrected chi connectivity index (χ3v) is 12.9. The minimum atomic E-state index is 0.522. The first-order valence-electron chi connectivity index (χ1n) is 21.7. The quantitative estimate of drug-likeness (QED) is 0.167. The summed E-state index contributed by atoms with van der Waals surface area (Å²) in [6, 6.07) is 68.1. The molecular weight excluding hydrogens is 795 g/mol. The maximum Gasteiger partial charge on any atom is 0.238 e. The van der Waals surface area contributed by atoms with E-state index in [0.29, 0.717) is 17.6 Å². The molecule has 0 bridgehead atoms. The van der Waals surface area contributed by atoms with Gasteiger partial charge in [-0.1, -0.05) is 153 Å². The Bertz CT molecular complexity index is 4240. The highest BCUT2D eigenvalue weighted by atomic mass is 16.3. The highest BCUT2D eigenvalue weighted by molar-refractivity contribution is 6.13. The van der Waals surface area contributed by atoms with Crippen LogP contribution < -0.4 is 10.4 Å². The number of allylic oxidation sites excluding steroid dienone is 1. The summed E-state index contributed by atoms with van der Waals surface area (Å²) in [6.07, 6.45) is 1.82. The molecule has 4 heterocycles. The molecule has 0 radical (unpaired) electrons. The predicted octanol–water partition coefficient (Wildman–Crippen LogP) is 13.2. The Labute approximate surface area is 372 Å². The molecule has 0 N–H and O–H groups in total. The monoisotopic (exact) mass is 831 g/mol. The maximum atomic E-state index is 6.20. The van der Waals surface area contributed by atoms with Crippen LogP contribution in [0.4, 0.5) is 0 Å². The molecule has 6 heteroatoms. The van der Waals surface area contributed by atoms with Crippen LogP contribution in [0.2, 0.25) is 0 Å². The topological polar surface area (TPSA) is 61.7 Å². The molecule has 0 spiro atoms. The van der Waals surface area contributed by atoms with Crippen LogP contribution >= 0.6 is 0 Å². The Morgan fingerprint density at radius 2 is 1.06 bits per heavy atom. The summed E-state index contributed by atoms with van der Waals surface area (Å²) in [5.41, 5.74) is 11.1. The van der Waals surface area contributed by atoms with Crippen molar-refractivity contribution in [3.05, 3.63) is 223 Å². The summed E-state index contributed by atoms with van der Waals surface area (Å²) >= 11 is 0. The number of hydrogen-bond donors (Lipinski definition) is 0. The van der Waals surface area contributed by atoms with E-state index in [-0.39, 0.29) is 0 Å². The number of nitrogens with zero attached hydrogens (tertiary/aromatic N) is 5. The van der Waals surface area contributed by atoms with E-state index in [1.54, 1.807) is 0 Å². The fourth-order valence-electron chi connectivity index (χ4n) is 9.88. The van der Waals surface area contributed by atoms with Gasteiger partial charge in [-0.15, -0.1) is 0 Å². The van der Waals surface area contributed by atoms with E-state index in [0.717, 1.165) is 104 Å². The van der Waals surface area contributed by atoms with Crippen LogP contribution in [0.3, 0.4) is 0 Å². The number of hydrogen-bond acceptors (Lipinski definition) is 4. The second kappa shape index (κ2) is 14.3. The predicted molar refractivity (Wildman–Crippen MR) is 268 cm³/mol. The molecule has 0 aliphatic carbocycles. The average molecular weight is 832 g/mol. The SMILES string of the molecule is C=C/C(c1nc(-c2cccc3ccccc23)nc(-n2c3ccccc3c3cc(-c4ccc5c(c4)c4ccccc4n5-c4ccc5oc6ccccc6c5c4)ccc32)n1)=c1/ccccc1=C. The zero-order valence-corrected chi connectivity index (χ0v) is 35.1. The number of furan rings is 1. The molecule has 0 aliphatic rings. The molecule has 6 nitrogen and oxygen atoms in total. The summed E-state index contributed by atoms with van der Waals surface area (Å²) in [5, 5.41) is 10.8. The highest BCUT2D eigenvalue weighted by Gasteiger charge is 2.21. The van der Waals surface area contributed by atoms with Crippen molar-refractivity contribution < 1.29 is 4.42 Å². The molecule has 304 valence electrons. The van der Waals surface area contributed by atoms with Crippen molar-refractivity contribution in [1.29, 1.82) is 0 Å². The molecule has 0 saturated heterocycles. The lowest BCUT2D eigenvalue weighted by molar-refractivity contribution is 0.669. The zero-order chi connectivity index (χ0) is 43.2. The van der Waals surface area contributed by atoms with E-state index in [9.17, 15) is 0 Å². The van der Waals surface area contributed by atoms with Crippen molar-refractivity contribution in [2.45, 2.75) is 0 Å². The third kappa shape index (κ3) is 5.71. The molecule has 9 aromatic carbocycles. The van der Waals surface area contributed by atoms with Crippen LogP contribution in [0.1, 0.15) is 5.82 Å². The molecule has 65 heavy (non-hydrogen) atoms. The first-order valence-corrected chi connectivity index (χ1v) is 21.7. The zero-order valence-electron chi connectivity index (χ0n) is 35.1. The van der Waals surface area contributed by atoms with Crippen LogP contribution in [0.25, 0.3) is 123 Å². The molecule has 13 rings (SSSR count). The normalized spacial score (nSPS) is 12.4. The third-order valence-electron chi connectivity index (χ3n) is 12.9. The minimum absolute atomic E-state index is 0.522. The number of fused-ring (bicyclic) bond motifs is 10. The standard InChI is InChI=1S/C59H37N5O/c1-3-41(42-18-6-4-15-36(42)2)57-60-58(47-23-14-17-37-16-5-7-19-43(37)47)62-59(61-57)64-52-25-12-9-21-45(52)49-34-39(28-31-54(49)64)38-27-30-53-48(33-38)44-20-8-11-24-51(44)63(53)40-29-32-56-50(35-40)46-22-10-13-26-55(46)65-56/h3-35H,1-2H2/b42-41+. The van der Waals surface area contributed by atoms with Gasteiger partial charge >= 0.3 is 0 Å². The lowest BCUT2D eigenvalue weighted by Crippen LogP contribution is -2.26. The van der Waals surface area contributed by atoms with Crippen LogP contribution in [-0.2, 0) is 0 Å². The highest BCUT2D eigenvalue weighted by Crippen LogP contribution is 2.40.